The Kier molecular flexibility index (Phi) is 2.80. The molecule has 3 rings (SSSR count). The van der Waals surface area contributed by atoms with Gasteiger partial charge in [-0.25, -0.2) is 0 Å². The van der Waals surface area contributed by atoms with E-state index < -0.39 is 0 Å². The van der Waals surface area contributed by atoms with E-state index >= 15 is 0 Å². The molecule has 3 aliphatic carbocycles. The summed E-state index contributed by atoms with van der Waals surface area (Å²) in [7, 11) is 0. The standard InChI is InChI=1S/C12H20O2/c1-3-8(2)12(13)14-11-5-4-9-6-10(11)7-9/h8-11H,3-7H2,1-2H3. The summed E-state index contributed by atoms with van der Waals surface area (Å²) >= 11 is 0. The SMILES string of the molecule is CCC(C)C(=O)OC1CCC2CC1C2. The van der Waals surface area contributed by atoms with Gasteiger partial charge in [0.2, 0.25) is 0 Å². The van der Waals surface area contributed by atoms with Crippen LogP contribution in [0.4, 0.5) is 0 Å². The highest BCUT2D eigenvalue weighted by molar-refractivity contribution is 5.72. The monoisotopic (exact) mass is 196 g/mol. The largest absolute Gasteiger partial charge is 0.462 e. The lowest BCUT2D eigenvalue weighted by atomic mass is 9.64. The van der Waals surface area contributed by atoms with Crippen molar-refractivity contribution in [2.75, 3.05) is 0 Å². The number of rotatable bonds is 3. The molecule has 2 atom stereocenters. The minimum atomic E-state index is 0.0165. The third-order valence-corrected chi connectivity index (χ3v) is 3.94. The molecule has 0 aliphatic heterocycles. The Balaban J connectivity index is 1.81. The van der Waals surface area contributed by atoms with Crippen molar-refractivity contribution in [3.05, 3.63) is 0 Å². The summed E-state index contributed by atoms with van der Waals surface area (Å²) < 4.78 is 5.56. The van der Waals surface area contributed by atoms with Crippen LogP contribution in [0.15, 0.2) is 0 Å². The summed E-state index contributed by atoms with van der Waals surface area (Å²) in [4.78, 5) is 11.6. The maximum absolute atomic E-state index is 11.6. The molecule has 0 amide bonds. The van der Waals surface area contributed by atoms with Crippen LogP contribution >= 0.6 is 0 Å². The van der Waals surface area contributed by atoms with Crippen molar-refractivity contribution < 1.29 is 9.53 Å². The van der Waals surface area contributed by atoms with Crippen LogP contribution in [0.1, 0.15) is 46.0 Å². The lowest BCUT2D eigenvalue weighted by Gasteiger charge is -2.45. The van der Waals surface area contributed by atoms with Crippen LogP contribution in [0.3, 0.4) is 0 Å². The lowest BCUT2D eigenvalue weighted by molar-refractivity contribution is -0.164. The fraction of sp³-hybridized carbons (Fsp3) is 0.917. The number of carbonyl (C=O) groups excluding carboxylic acids is 1. The molecule has 2 nitrogen and oxygen atoms in total. The number of hydrogen-bond acceptors (Lipinski definition) is 2. The molecule has 3 saturated carbocycles. The number of esters is 1. The number of hydrogen-bond donors (Lipinski definition) is 0. The summed E-state index contributed by atoms with van der Waals surface area (Å²) in [6, 6.07) is 0. The van der Waals surface area contributed by atoms with Crippen LogP contribution < -0.4 is 0 Å². The molecule has 2 heteroatoms. The predicted molar refractivity (Wildman–Crippen MR) is 54.8 cm³/mol. The molecule has 0 radical (unpaired) electrons. The first-order valence-electron chi connectivity index (χ1n) is 5.91. The highest BCUT2D eigenvalue weighted by atomic mass is 16.5. The van der Waals surface area contributed by atoms with Gasteiger partial charge in [-0.1, -0.05) is 13.8 Å². The molecule has 80 valence electrons. The van der Waals surface area contributed by atoms with Crippen molar-refractivity contribution in [2.45, 2.75) is 52.1 Å². The van der Waals surface area contributed by atoms with Gasteiger partial charge in [-0.05, 0) is 43.9 Å². The van der Waals surface area contributed by atoms with Crippen molar-refractivity contribution >= 4 is 5.97 Å². The first-order valence-corrected chi connectivity index (χ1v) is 5.91. The second-order valence-corrected chi connectivity index (χ2v) is 4.96. The Hall–Kier alpha value is -0.530. The average Bonchev–Trinajstić information content (AvgIpc) is 2.15. The van der Waals surface area contributed by atoms with E-state index in [1.54, 1.807) is 0 Å². The van der Waals surface area contributed by atoms with E-state index in [1.807, 2.05) is 13.8 Å². The zero-order chi connectivity index (χ0) is 10.1. The van der Waals surface area contributed by atoms with E-state index in [4.69, 9.17) is 4.74 Å². The Labute approximate surface area is 86.0 Å². The molecule has 2 unspecified atom stereocenters. The zero-order valence-corrected chi connectivity index (χ0v) is 9.16. The summed E-state index contributed by atoms with van der Waals surface area (Å²) in [5, 5.41) is 0. The Morgan fingerprint density at radius 2 is 2.14 bits per heavy atom. The molecule has 3 fully saturated rings. The van der Waals surface area contributed by atoms with Crippen molar-refractivity contribution in [2.24, 2.45) is 17.8 Å². The molecule has 3 aliphatic rings. The molecular weight excluding hydrogens is 176 g/mol. The Morgan fingerprint density at radius 3 is 2.64 bits per heavy atom. The number of fused-ring (bicyclic) bond motifs is 2. The Bertz CT molecular complexity index is 216. The summed E-state index contributed by atoms with van der Waals surface area (Å²) in [5.74, 6) is 1.75. The first-order chi connectivity index (χ1) is 6.70. The quantitative estimate of drug-likeness (QED) is 0.649. The van der Waals surface area contributed by atoms with Gasteiger partial charge in [0.25, 0.3) is 0 Å². The molecule has 0 N–H and O–H groups in total. The van der Waals surface area contributed by atoms with Crippen LogP contribution in [0.2, 0.25) is 0 Å². The summed E-state index contributed by atoms with van der Waals surface area (Å²) in [6.45, 7) is 3.99. The topological polar surface area (TPSA) is 26.3 Å². The van der Waals surface area contributed by atoms with Gasteiger partial charge >= 0.3 is 5.97 Å². The van der Waals surface area contributed by atoms with Crippen molar-refractivity contribution in [1.29, 1.82) is 0 Å². The van der Waals surface area contributed by atoms with Gasteiger partial charge in [0.1, 0.15) is 6.10 Å². The smallest absolute Gasteiger partial charge is 0.308 e. The zero-order valence-electron chi connectivity index (χ0n) is 9.16. The molecule has 0 spiro atoms. The van der Waals surface area contributed by atoms with E-state index in [-0.39, 0.29) is 18.0 Å². The minimum absolute atomic E-state index is 0.0165. The maximum Gasteiger partial charge on any atom is 0.308 e. The fourth-order valence-electron chi connectivity index (χ4n) is 2.55. The van der Waals surface area contributed by atoms with Gasteiger partial charge in [0.05, 0.1) is 5.92 Å². The second kappa shape index (κ2) is 3.92. The molecule has 0 heterocycles. The molecular formula is C12H20O2. The minimum Gasteiger partial charge on any atom is -0.462 e. The van der Waals surface area contributed by atoms with E-state index in [0.717, 1.165) is 18.8 Å². The van der Waals surface area contributed by atoms with Crippen LogP contribution in [-0.4, -0.2) is 12.1 Å². The first kappa shape index (κ1) is 10.0. The van der Waals surface area contributed by atoms with E-state index in [9.17, 15) is 4.79 Å². The number of carbonyl (C=O) groups is 1. The molecule has 2 bridgehead atoms. The third kappa shape index (κ3) is 1.79. The number of ether oxygens (including phenoxy) is 1. The van der Waals surface area contributed by atoms with E-state index in [1.165, 1.54) is 19.3 Å². The van der Waals surface area contributed by atoms with Gasteiger partial charge in [0, 0.05) is 0 Å². The van der Waals surface area contributed by atoms with Gasteiger partial charge < -0.3 is 4.74 Å². The molecule has 0 aromatic rings. The van der Waals surface area contributed by atoms with E-state index in [2.05, 4.69) is 0 Å². The second-order valence-electron chi connectivity index (χ2n) is 4.96. The summed E-state index contributed by atoms with van der Waals surface area (Å²) in [5.41, 5.74) is 0. The molecule has 14 heavy (non-hydrogen) atoms. The molecule has 0 aromatic heterocycles. The maximum atomic E-state index is 11.6. The van der Waals surface area contributed by atoms with Gasteiger partial charge in [-0.3, -0.25) is 4.79 Å². The average molecular weight is 196 g/mol. The highest BCUT2D eigenvalue weighted by Gasteiger charge is 2.42. The third-order valence-electron chi connectivity index (χ3n) is 3.94. The molecule has 0 aromatic carbocycles. The van der Waals surface area contributed by atoms with E-state index in [0.29, 0.717) is 5.92 Å². The van der Waals surface area contributed by atoms with Crippen molar-refractivity contribution in [3.8, 4) is 0 Å². The normalized spacial score (nSPS) is 37.1. The predicted octanol–water partition coefficient (Wildman–Crippen LogP) is 2.76. The van der Waals surface area contributed by atoms with Crippen LogP contribution in [0.5, 0.6) is 0 Å². The lowest BCUT2D eigenvalue weighted by Crippen LogP contribution is -2.42. The van der Waals surface area contributed by atoms with Crippen LogP contribution in [-0.2, 0) is 9.53 Å². The van der Waals surface area contributed by atoms with Gasteiger partial charge in [0.15, 0.2) is 0 Å². The van der Waals surface area contributed by atoms with Crippen LogP contribution in [0.25, 0.3) is 0 Å². The van der Waals surface area contributed by atoms with Gasteiger partial charge in [-0.15, -0.1) is 0 Å². The fourth-order valence-corrected chi connectivity index (χ4v) is 2.55. The molecule has 0 saturated heterocycles. The van der Waals surface area contributed by atoms with Gasteiger partial charge in [-0.2, -0.15) is 0 Å². The van der Waals surface area contributed by atoms with Crippen LogP contribution in [0, 0.1) is 17.8 Å². The van der Waals surface area contributed by atoms with Crippen molar-refractivity contribution in [1.82, 2.24) is 0 Å². The Morgan fingerprint density at radius 1 is 1.43 bits per heavy atom. The van der Waals surface area contributed by atoms with Crippen molar-refractivity contribution in [3.63, 3.8) is 0 Å². The summed E-state index contributed by atoms with van der Waals surface area (Å²) in [6.07, 6.45) is 6.13. The highest BCUT2D eigenvalue weighted by Crippen LogP contribution is 2.46.